The highest BCUT2D eigenvalue weighted by Crippen LogP contribution is 2.44. The zero-order valence-corrected chi connectivity index (χ0v) is 13.8. The van der Waals surface area contributed by atoms with E-state index in [0.717, 1.165) is 19.4 Å². The lowest BCUT2D eigenvalue weighted by atomic mass is 9.84. The van der Waals surface area contributed by atoms with E-state index in [2.05, 4.69) is 6.92 Å². The summed E-state index contributed by atoms with van der Waals surface area (Å²) in [6, 6.07) is -0.134. The van der Waals surface area contributed by atoms with Crippen molar-refractivity contribution < 1.29 is 20.4 Å². The van der Waals surface area contributed by atoms with Gasteiger partial charge in [-0.1, -0.05) is 45.4 Å². The van der Waals surface area contributed by atoms with Gasteiger partial charge in [0, 0.05) is 6.04 Å². The number of fused-ring (bicyclic) bond motifs is 2. The van der Waals surface area contributed by atoms with Gasteiger partial charge in [-0.15, -0.1) is 0 Å². The van der Waals surface area contributed by atoms with E-state index in [-0.39, 0.29) is 12.6 Å². The van der Waals surface area contributed by atoms with Crippen LogP contribution in [0.15, 0.2) is 0 Å². The van der Waals surface area contributed by atoms with Gasteiger partial charge in [0.05, 0.1) is 24.4 Å². The summed E-state index contributed by atoms with van der Waals surface area (Å²) >= 11 is 0. The maximum atomic E-state index is 10.3. The Bertz CT molecular complexity index is 341. The molecule has 22 heavy (non-hydrogen) atoms. The van der Waals surface area contributed by atoms with Crippen molar-refractivity contribution in [3.8, 4) is 0 Å². The fourth-order valence-electron chi connectivity index (χ4n) is 4.37. The number of hydrogen-bond donors (Lipinski definition) is 4. The lowest BCUT2D eigenvalue weighted by molar-refractivity contribution is -0.121. The van der Waals surface area contributed by atoms with Crippen molar-refractivity contribution >= 4 is 0 Å². The molecule has 0 aliphatic carbocycles. The summed E-state index contributed by atoms with van der Waals surface area (Å²) in [5.74, 6) is 0. The lowest BCUT2D eigenvalue weighted by Gasteiger charge is -2.47. The third kappa shape index (κ3) is 3.20. The van der Waals surface area contributed by atoms with E-state index in [9.17, 15) is 20.4 Å². The second kappa shape index (κ2) is 8.06. The van der Waals surface area contributed by atoms with E-state index < -0.39 is 23.9 Å². The first-order chi connectivity index (χ1) is 10.6. The average molecular weight is 315 g/mol. The van der Waals surface area contributed by atoms with Gasteiger partial charge in [-0.05, 0) is 25.8 Å². The van der Waals surface area contributed by atoms with Crippen LogP contribution in [0.4, 0.5) is 0 Å². The molecule has 2 heterocycles. The maximum Gasteiger partial charge on any atom is 0.105 e. The summed E-state index contributed by atoms with van der Waals surface area (Å²) in [6.45, 7) is 2.63. The van der Waals surface area contributed by atoms with Crippen LogP contribution >= 0.6 is 0 Å². The standard InChI is InChI=1S/C17H33NO4/c1-2-3-4-5-6-7-8-11-18-13-9-10-14(20)17(18,12-19)16(22)15(13)21/h13-16,19-22H,2-12H2,1H3/t13-,14+,15-,16+,17+/m0/s1. The normalized spacial score (nSPS) is 38.6. The van der Waals surface area contributed by atoms with Crippen LogP contribution in [0.5, 0.6) is 0 Å². The van der Waals surface area contributed by atoms with Crippen molar-refractivity contribution in [1.82, 2.24) is 4.90 Å². The van der Waals surface area contributed by atoms with Gasteiger partial charge < -0.3 is 20.4 Å². The highest BCUT2D eigenvalue weighted by Gasteiger charge is 2.63. The highest BCUT2D eigenvalue weighted by molar-refractivity contribution is 5.17. The van der Waals surface area contributed by atoms with Crippen LogP contribution in [0.2, 0.25) is 0 Å². The monoisotopic (exact) mass is 315 g/mol. The van der Waals surface area contributed by atoms with Crippen molar-refractivity contribution in [3.05, 3.63) is 0 Å². The van der Waals surface area contributed by atoms with Gasteiger partial charge in [0.2, 0.25) is 0 Å². The van der Waals surface area contributed by atoms with E-state index >= 15 is 0 Å². The first-order valence-corrected chi connectivity index (χ1v) is 9.01. The second-order valence-electron chi connectivity index (χ2n) is 7.06. The Morgan fingerprint density at radius 3 is 2.23 bits per heavy atom. The number of hydrogen-bond acceptors (Lipinski definition) is 5. The predicted molar refractivity (Wildman–Crippen MR) is 85.6 cm³/mol. The molecule has 0 aromatic heterocycles. The molecular formula is C17H33NO4. The van der Waals surface area contributed by atoms with Crippen molar-refractivity contribution in [1.29, 1.82) is 0 Å². The van der Waals surface area contributed by atoms with Crippen molar-refractivity contribution in [2.75, 3.05) is 13.2 Å². The van der Waals surface area contributed by atoms with Gasteiger partial charge in [-0.3, -0.25) is 4.90 Å². The SMILES string of the molecule is CCCCCCCCCN1[C@H]2CC[C@@H](O)[C@]1(CO)[C@H](O)[C@H]2O. The minimum absolute atomic E-state index is 0.134. The summed E-state index contributed by atoms with van der Waals surface area (Å²) in [5, 5.41) is 40.7. The highest BCUT2D eigenvalue weighted by atomic mass is 16.3. The molecule has 2 fully saturated rings. The van der Waals surface area contributed by atoms with E-state index in [1.807, 2.05) is 4.90 Å². The van der Waals surface area contributed by atoms with Crippen molar-refractivity contribution in [2.24, 2.45) is 0 Å². The molecule has 5 nitrogen and oxygen atoms in total. The molecule has 0 amide bonds. The van der Waals surface area contributed by atoms with Crippen molar-refractivity contribution in [3.63, 3.8) is 0 Å². The molecule has 0 saturated carbocycles. The average Bonchev–Trinajstić information content (AvgIpc) is 2.67. The van der Waals surface area contributed by atoms with E-state index in [1.165, 1.54) is 32.1 Å². The summed E-state index contributed by atoms with van der Waals surface area (Å²) < 4.78 is 0. The molecule has 2 rings (SSSR count). The van der Waals surface area contributed by atoms with Crippen LogP contribution < -0.4 is 0 Å². The second-order valence-corrected chi connectivity index (χ2v) is 7.06. The molecule has 5 atom stereocenters. The molecule has 5 heteroatoms. The van der Waals surface area contributed by atoms with E-state index in [1.54, 1.807) is 0 Å². The third-order valence-electron chi connectivity index (χ3n) is 5.73. The number of nitrogens with zero attached hydrogens (tertiary/aromatic N) is 1. The van der Waals surface area contributed by atoms with Crippen LogP contribution in [0.25, 0.3) is 0 Å². The summed E-state index contributed by atoms with van der Waals surface area (Å²) in [6.07, 6.45) is 6.92. The van der Waals surface area contributed by atoms with Gasteiger partial charge in [-0.25, -0.2) is 0 Å². The van der Waals surface area contributed by atoms with Crippen LogP contribution in [0.1, 0.15) is 64.7 Å². The molecule has 2 aliphatic rings. The fourth-order valence-corrected chi connectivity index (χ4v) is 4.37. The Morgan fingerprint density at radius 2 is 1.59 bits per heavy atom. The number of rotatable bonds is 9. The molecule has 4 N–H and O–H groups in total. The first kappa shape index (κ1) is 18.1. The van der Waals surface area contributed by atoms with Gasteiger partial charge in [-0.2, -0.15) is 0 Å². The minimum Gasteiger partial charge on any atom is -0.394 e. The summed E-state index contributed by atoms with van der Waals surface area (Å²) in [7, 11) is 0. The van der Waals surface area contributed by atoms with E-state index in [0.29, 0.717) is 12.8 Å². The zero-order chi connectivity index (χ0) is 16.2. The Morgan fingerprint density at radius 1 is 0.955 bits per heavy atom. The third-order valence-corrected chi connectivity index (χ3v) is 5.73. The quantitative estimate of drug-likeness (QED) is 0.478. The molecule has 0 aromatic rings. The maximum absolute atomic E-state index is 10.3. The Balaban J connectivity index is 1.86. The van der Waals surface area contributed by atoms with Crippen LogP contribution in [-0.4, -0.2) is 68.4 Å². The number of unbranched alkanes of at least 4 members (excludes halogenated alkanes) is 6. The molecule has 0 spiro atoms. The molecule has 2 bridgehead atoms. The molecule has 0 radical (unpaired) electrons. The number of aliphatic hydroxyl groups excluding tert-OH is 4. The number of piperidine rings is 1. The topological polar surface area (TPSA) is 84.2 Å². The largest absolute Gasteiger partial charge is 0.394 e. The van der Waals surface area contributed by atoms with E-state index in [4.69, 9.17) is 0 Å². The van der Waals surface area contributed by atoms with Crippen LogP contribution in [0, 0.1) is 0 Å². The Kier molecular flexibility index (Phi) is 6.65. The van der Waals surface area contributed by atoms with Gasteiger partial charge in [0.15, 0.2) is 0 Å². The van der Waals surface area contributed by atoms with Crippen LogP contribution in [0.3, 0.4) is 0 Å². The molecule has 0 aromatic carbocycles. The molecular weight excluding hydrogens is 282 g/mol. The van der Waals surface area contributed by atoms with Crippen molar-refractivity contribution in [2.45, 2.75) is 94.6 Å². The molecule has 2 saturated heterocycles. The minimum atomic E-state index is -1.07. The summed E-state index contributed by atoms with van der Waals surface area (Å²) in [5.41, 5.74) is -1.06. The number of aliphatic hydroxyl groups is 4. The molecule has 130 valence electrons. The molecule has 2 aliphatic heterocycles. The zero-order valence-electron chi connectivity index (χ0n) is 13.8. The van der Waals surface area contributed by atoms with Gasteiger partial charge in [0.1, 0.15) is 6.10 Å². The predicted octanol–water partition coefficient (Wildman–Crippen LogP) is 1.03. The fraction of sp³-hybridized carbons (Fsp3) is 1.00. The Labute approximate surface area is 134 Å². The first-order valence-electron chi connectivity index (χ1n) is 9.01. The van der Waals surface area contributed by atoms with Gasteiger partial charge in [0.25, 0.3) is 0 Å². The summed E-state index contributed by atoms with van der Waals surface area (Å²) in [4.78, 5) is 1.99. The smallest absolute Gasteiger partial charge is 0.105 e. The molecule has 0 unspecified atom stereocenters. The van der Waals surface area contributed by atoms with Gasteiger partial charge >= 0.3 is 0 Å². The lowest BCUT2D eigenvalue weighted by Crippen LogP contribution is -2.64. The Hall–Kier alpha value is -0.200. The van der Waals surface area contributed by atoms with Crippen LogP contribution in [-0.2, 0) is 0 Å².